The van der Waals surface area contributed by atoms with Crippen LogP contribution in [0, 0.1) is 5.92 Å². The first-order chi connectivity index (χ1) is 17.2. The number of carbonyl (C=O) groups excluding carboxylic acids is 4. The number of esters is 2. The molecular weight excluding hydrogens is 498 g/mol. The molecule has 2 N–H and O–H groups in total. The van der Waals surface area contributed by atoms with Crippen LogP contribution in [0.3, 0.4) is 0 Å². The minimum absolute atomic E-state index is 0.0451. The summed E-state index contributed by atoms with van der Waals surface area (Å²) in [6.45, 7) is 15.0. The van der Waals surface area contributed by atoms with Gasteiger partial charge in [0.2, 0.25) is 0 Å². The lowest BCUT2D eigenvalue weighted by Gasteiger charge is -2.30. The molecule has 0 spiro atoms. The average molecular weight is 540 g/mol. The van der Waals surface area contributed by atoms with Crippen molar-refractivity contribution >= 4 is 24.2 Å². The van der Waals surface area contributed by atoms with Crippen molar-refractivity contribution in [1.29, 1.82) is 0 Å². The smallest absolute Gasteiger partial charge is 0.468 e. The molecule has 0 saturated carbocycles. The van der Waals surface area contributed by atoms with E-state index in [2.05, 4.69) is 0 Å². The largest absolute Gasteiger partial charge is 0.514 e. The van der Waals surface area contributed by atoms with Crippen molar-refractivity contribution in [3.8, 4) is 11.5 Å². The maximum atomic E-state index is 12.7. The van der Waals surface area contributed by atoms with Crippen molar-refractivity contribution in [2.45, 2.75) is 98.0 Å². The molecule has 11 nitrogen and oxygen atoms in total. The third kappa shape index (κ3) is 11.4. The zero-order valence-electron chi connectivity index (χ0n) is 24.0. The lowest BCUT2D eigenvalue weighted by Crippen LogP contribution is -2.53. The van der Waals surface area contributed by atoms with Crippen LogP contribution < -0.4 is 15.2 Å². The topological polar surface area (TPSA) is 150 Å². The monoisotopic (exact) mass is 539 g/mol. The van der Waals surface area contributed by atoms with Gasteiger partial charge in [-0.2, -0.15) is 0 Å². The van der Waals surface area contributed by atoms with E-state index in [1.54, 1.807) is 62.3 Å². The van der Waals surface area contributed by atoms with E-state index in [0.717, 1.165) is 0 Å². The Balaban J connectivity index is 3.33. The van der Waals surface area contributed by atoms with E-state index >= 15 is 0 Å². The zero-order chi connectivity index (χ0) is 29.5. The molecule has 1 rings (SSSR count). The van der Waals surface area contributed by atoms with Crippen LogP contribution >= 0.6 is 0 Å². The molecule has 0 bridgehead atoms. The summed E-state index contributed by atoms with van der Waals surface area (Å²) in [6, 6.07) is 4.30. The summed E-state index contributed by atoms with van der Waals surface area (Å²) in [4.78, 5) is 49.3. The lowest BCUT2D eigenvalue weighted by atomic mass is 9.86. The van der Waals surface area contributed by atoms with Crippen molar-refractivity contribution < 1.29 is 47.6 Å². The quantitative estimate of drug-likeness (QED) is 0.264. The molecule has 0 heterocycles. The SMILES string of the molecule is COC(=O)C(N)(Cc1ccc(OC(=O)OC(C)(C)C)c(OC(=O)OC(C)(C)C)c1)C[C@H](C)OC(=O)C(C)C. The molecule has 214 valence electrons. The Morgan fingerprint density at radius 3 is 1.79 bits per heavy atom. The highest BCUT2D eigenvalue weighted by molar-refractivity contribution is 5.81. The highest BCUT2D eigenvalue weighted by Crippen LogP contribution is 2.32. The number of benzene rings is 1. The van der Waals surface area contributed by atoms with Gasteiger partial charge in [0.1, 0.15) is 22.8 Å². The Morgan fingerprint density at radius 2 is 1.34 bits per heavy atom. The maximum Gasteiger partial charge on any atom is 0.514 e. The van der Waals surface area contributed by atoms with Crippen molar-refractivity contribution in [1.82, 2.24) is 0 Å². The summed E-state index contributed by atoms with van der Waals surface area (Å²) in [5, 5.41) is 0. The summed E-state index contributed by atoms with van der Waals surface area (Å²) >= 11 is 0. The second-order valence-electron chi connectivity index (χ2n) is 11.3. The number of hydrogen-bond acceptors (Lipinski definition) is 11. The number of nitrogens with two attached hydrogens (primary N) is 1. The summed E-state index contributed by atoms with van der Waals surface area (Å²) in [7, 11) is 1.20. The van der Waals surface area contributed by atoms with Gasteiger partial charge >= 0.3 is 24.2 Å². The van der Waals surface area contributed by atoms with E-state index in [-0.39, 0.29) is 30.3 Å². The van der Waals surface area contributed by atoms with Gasteiger partial charge in [-0.1, -0.05) is 19.9 Å². The number of methoxy groups -OCH3 is 1. The standard InChI is InChI=1S/C27H41NO10/c1-16(2)21(29)34-17(3)14-27(28,22(30)33-10)15-18-11-12-19(35-23(31)37-25(4,5)6)20(13-18)36-24(32)38-26(7,8)9/h11-13,16-17H,14-15,28H2,1-10H3/t17-,27?/m0/s1. The number of hydrogen-bond donors (Lipinski definition) is 1. The molecule has 0 saturated heterocycles. The average Bonchev–Trinajstić information content (AvgIpc) is 2.71. The summed E-state index contributed by atoms with van der Waals surface area (Å²) in [5.74, 6) is -1.79. The van der Waals surface area contributed by atoms with Gasteiger partial charge < -0.3 is 34.2 Å². The van der Waals surface area contributed by atoms with Gasteiger partial charge in [0.25, 0.3) is 0 Å². The first-order valence-corrected chi connectivity index (χ1v) is 12.3. The van der Waals surface area contributed by atoms with Gasteiger partial charge in [-0.25, -0.2) is 9.59 Å². The first-order valence-electron chi connectivity index (χ1n) is 12.3. The highest BCUT2D eigenvalue weighted by Gasteiger charge is 2.38. The van der Waals surface area contributed by atoms with Crippen LogP contribution in [-0.2, 0) is 35.0 Å². The maximum absolute atomic E-state index is 12.7. The minimum Gasteiger partial charge on any atom is -0.468 e. The Kier molecular flexibility index (Phi) is 11.1. The third-order valence-electron chi connectivity index (χ3n) is 4.73. The van der Waals surface area contributed by atoms with E-state index in [0.29, 0.717) is 5.56 Å². The van der Waals surface area contributed by atoms with Crippen LogP contribution in [0.25, 0.3) is 0 Å². The fourth-order valence-corrected chi connectivity index (χ4v) is 3.23. The van der Waals surface area contributed by atoms with Crippen molar-refractivity contribution in [3.63, 3.8) is 0 Å². The Hall–Kier alpha value is -3.34. The van der Waals surface area contributed by atoms with E-state index < -0.39 is 47.1 Å². The van der Waals surface area contributed by atoms with Crippen LogP contribution in [0.1, 0.15) is 74.3 Å². The van der Waals surface area contributed by atoms with Crippen LogP contribution in [0.15, 0.2) is 18.2 Å². The molecule has 0 aliphatic carbocycles. The Labute approximate surface area is 224 Å². The fourth-order valence-electron chi connectivity index (χ4n) is 3.23. The molecule has 1 aromatic carbocycles. The second kappa shape index (κ2) is 12.9. The molecule has 0 aliphatic rings. The second-order valence-corrected chi connectivity index (χ2v) is 11.3. The Bertz CT molecular complexity index is 1010. The van der Waals surface area contributed by atoms with Crippen LogP contribution in [0.2, 0.25) is 0 Å². The molecule has 11 heteroatoms. The van der Waals surface area contributed by atoms with E-state index in [4.69, 9.17) is 34.2 Å². The van der Waals surface area contributed by atoms with Gasteiger partial charge in [-0.3, -0.25) is 9.59 Å². The van der Waals surface area contributed by atoms with Crippen LogP contribution in [-0.4, -0.2) is 54.2 Å². The fraction of sp³-hybridized carbons (Fsp3) is 0.630. The first kappa shape index (κ1) is 32.7. The number of ether oxygens (including phenoxy) is 6. The predicted molar refractivity (Wildman–Crippen MR) is 138 cm³/mol. The number of carbonyl (C=O) groups is 4. The number of rotatable bonds is 9. The molecule has 0 fully saturated rings. The minimum atomic E-state index is -1.60. The van der Waals surface area contributed by atoms with Crippen molar-refractivity contribution in [2.75, 3.05) is 7.11 Å². The lowest BCUT2D eigenvalue weighted by molar-refractivity contribution is -0.157. The van der Waals surface area contributed by atoms with E-state index in [1.807, 2.05) is 0 Å². The van der Waals surface area contributed by atoms with Gasteiger partial charge in [0.15, 0.2) is 11.5 Å². The predicted octanol–water partition coefficient (Wildman–Crippen LogP) is 4.71. The molecule has 38 heavy (non-hydrogen) atoms. The normalized spacial score (nSPS) is 14.1. The zero-order valence-corrected chi connectivity index (χ0v) is 24.0. The molecular formula is C27H41NO10. The molecule has 0 aromatic heterocycles. The van der Waals surface area contributed by atoms with Crippen LogP contribution in [0.4, 0.5) is 9.59 Å². The van der Waals surface area contributed by atoms with Gasteiger partial charge in [-0.15, -0.1) is 0 Å². The summed E-state index contributed by atoms with van der Waals surface area (Å²) in [6.07, 6.45) is -2.87. The van der Waals surface area contributed by atoms with Gasteiger partial charge in [0.05, 0.1) is 13.0 Å². The van der Waals surface area contributed by atoms with Crippen molar-refractivity contribution in [2.24, 2.45) is 11.7 Å². The third-order valence-corrected chi connectivity index (χ3v) is 4.73. The Morgan fingerprint density at radius 1 is 0.842 bits per heavy atom. The van der Waals surface area contributed by atoms with E-state index in [9.17, 15) is 19.2 Å². The summed E-state index contributed by atoms with van der Waals surface area (Å²) in [5.41, 5.74) is 3.63. The molecule has 1 unspecified atom stereocenters. The molecule has 0 amide bonds. The van der Waals surface area contributed by atoms with Gasteiger partial charge in [-0.05, 0) is 66.2 Å². The van der Waals surface area contributed by atoms with Crippen LogP contribution in [0.5, 0.6) is 11.5 Å². The summed E-state index contributed by atoms with van der Waals surface area (Å²) < 4.78 is 31.3. The molecule has 0 radical (unpaired) electrons. The highest BCUT2D eigenvalue weighted by atomic mass is 16.8. The van der Waals surface area contributed by atoms with Gasteiger partial charge in [0, 0.05) is 12.8 Å². The van der Waals surface area contributed by atoms with E-state index in [1.165, 1.54) is 25.3 Å². The molecule has 1 aromatic rings. The molecule has 0 aliphatic heterocycles. The molecule has 2 atom stereocenters. The van der Waals surface area contributed by atoms with Crippen molar-refractivity contribution in [3.05, 3.63) is 23.8 Å².